The average Bonchev–Trinajstić information content (AvgIpc) is 3.24. The van der Waals surface area contributed by atoms with Crippen molar-refractivity contribution in [1.29, 1.82) is 0 Å². The zero-order chi connectivity index (χ0) is 16.2. The third-order valence-electron chi connectivity index (χ3n) is 3.58. The molecule has 3 rings (SSSR count). The van der Waals surface area contributed by atoms with E-state index in [4.69, 9.17) is 4.42 Å². The normalized spacial score (nSPS) is 12.2. The summed E-state index contributed by atoms with van der Waals surface area (Å²) in [5.41, 5.74) is 2.33. The van der Waals surface area contributed by atoms with Crippen LogP contribution in [0.25, 0.3) is 11.4 Å². The summed E-state index contributed by atoms with van der Waals surface area (Å²) in [5, 5.41) is 17.4. The fraction of sp³-hybridized carbons (Fsp3) is 0.250. The Hall–Kier alpha value is -2.96. The zero-order valence-electron chi connectivity index (χ0n) is 12.6. The molecule has 7 nitrogen and oxygen atoms in total. The Balaban J connectivity index is 1.84. The molecule has 1 N–H and O–H groups in total. The van der Waals surface area contributed by atoms with Crippen molar-refractivity contribution in [1.82, 2.24) is 20.0 Å². The number of furan rings is 1. The maximum atomic E-state index is 11.5. The van der Waals surface area contributed by atoms with Gasteiger partial charge in [-0.05, 0) is 30.2 Å². The Kier molecular flexibility index (Phi) is 4.18. The summed E-state index contributed by atoms with van der Waals surface area (Å²) in [7, 11) is 0. The molecule has 0 radical (unpaired) electrons. The minimum atomic E-state index is -0.993. The quantitative estimate of drug-likeness (QED) is 0.751. The Bertz CT molecular complexity index is 778. The standard InChI is InChI=1S/C16H16N4O3/c1-2-11-5-6-13(17-9-11)14-10-20(19-18-14)15(16(21)22)8-12-4-3-7-23-12/h3-7,9-10,15H,2,8H2,1H3,(H,21,22)/t15-/m1/s1. The van der Waals surface area contributed by atoms with Gasteiger partial charge in [-0.25, -0.2) is 9.48 Å². The van der Waals surface area contributed by atoms with Crippen molar-refractivity contribution in [3.8, 4) is 11.4 Å². The van der Waals surface area contributed by atoms with Gasteiger partial charge in [0.15, 0.2) is 6.04 Å². The van der Waals surface area contributed by atoms with Gasteiger partial charge in [0.25, 0.3) is 0 Å². The molecule has 0 aliphatic carbocycles. The summed E-state index contributed by atoms with van der Waals surface area (Å²) in [6, 6.07) is 6.41. The molecular weight excluding hydrogens is 296 g/mol. The summed E-state index contributed by atoms with van der Waals surface area (Å²) in [6.07, 6.45) is 6.00. The number of carboxylic acids is 1. The lowest BCUT2D eigenvalue weighted by Crippen LogP contribution is -2.21. The number of pyridine rings is 1. The van der Waals surface area contributed by atoms with Crippen molar-refractivity contribution in [2.24, 2.45) is 0 Å². The van der Waals surface area contributed by atoms with Crippen molar-refractivity contribution >= 4 is 5.97 Å². The molecule has 0 unspecified atom stereocenters. The lowest BCUT2D eigenvalue weighted by Gasteiger charge is -2.10. The molecular formula is C16H16N4O3. The Morgan fingerprint density at radius 2 is 2.22 bits per heavy atom. The van der Waals surface area contributed by atoms with Gasteiger partial charge in [-0.1, -0.05) is 18.2 Å². The second kappa shape index (κ2) is 6.43. The van der Waals surface area contributed by atoms with Crippen LogP contribution in [0.3, 0.4) is 0 Å². The van der Waals surface area contributed by atoms with Crippen molar-refractivity contribution in [2.45, 2.75) is 25.8 Å². The van der Waals surface area contributed by atoms with Gasteiger partial charge in [0.2, 0.25) is 0 Å². The van der Waals surface area contributed by atoms with Crippen molar-refractivity contribution < 1.29 is 14.3 Å². The van der Waals surface area contributed by atoms with E-state index in [2.05, 4.69) is 22.2 Å². The Morgan fingerprint density at radius 3 is 2.83 bits per heavy atom. The fourth-order valence-electron chi connectivity index (χ4n) is 2.24. The largest absolute Gasteiger partial charge is 0.480 e. The van der Waals surface area contributed by atoms with Crippen LogP contribution in [0, 0.1) is 0 Å². The molecule has 23 heavy (non-hydrogen) atoms. The topological polar surface area (TPSA) is 94.0 Å². The van der Waals surface area contributed by atoms with Gasteiger partial charge in [0, 0.05) is 12.6 Å². The number of hydrogen-bond acceptors (Lipinski definition) is 5. The van der Waals surface area contributed by atoms with Crippen LogP contribution in [0.4, 0.5) is 0 Å². The molecule has 1 atom stereocenters. The van der Waals surface area contributed by atoms with Gasteiger partial charge in [-0.3, -0.25) is 4.98 Å². The van der Waals surface area contributed by atoms with Crippen LogP contribution >= 0.6 is 0 Å². The van der Waals surface area contributed by atoms with Crippen LogP contribution < -0.4 is 0 Å². The molecule has 0 saturated carbocycles. The lowest BCUT2D eigenvalue weighted by molar-refractivity contribution is -0.141. The lowest BCUT2D eigenvalue weighted by atomic mass is 10.1. The van der Waals surface area contributed by atoms with Gasteiger partial charge in [-0.2, -0.15) is 0 Å². The third kappa shape index (κ3) is 3.28. The molecule has 0 aliphatic heterocycles. The van der Waals surface area contributed by atoms with Crippen LogP contribution in [0.2, 0.25) is 0 Å². The van der Waals surface area contributed by atoms with E-state index < -0.39 is 12.0 Å². The first-order chi connectivity index (χ1) is 11.2. The first-order valence-corrected chi connectivity index (χ1v) is 7.29. The highest BCUT2D eigenvalue weighted by Crippen LogP contribution is 2.19. The number of carbonyl (C=O) groups is 1. The molecule has 3 aromatic rings. The second-order valence-electron chi connectivity index (χ2n) is 5.13. The summed E-state index contributed by atoms with van der Waals surface area (Å²) in [5.74, 6) is -0.410. The second-order valence-corrected chi connectivity index (χ2v) is 5.13. The minimum absolute atomic E-state index is 0.202. The number of hydrogen-bond donors (Lipinski definition) is 1. The van der Waals surface area contributed by atoms with Gasteiger partial charge in [0.1, 0.15) is 11.5 Å². The highest BCUT2D eigenvalue weighted by Gasteiger charge is 2.23. The van der Waals surface area contributed by atoms with E-state index >= 15 is 0 Å². The number of aryl methyl sites for hydroxylation is 1. The van der Waals surface area contributed by atoms with Crippen molar-refractivity contribution in [2.75, 3.05) is 0 Å². The predicted octanol–water partition coefficient (Wildman–Crippen LogP) is 2.36. The number of carboxylic acid groups (broad SMARTS) is 1. The first-order valence-electron chi connectivity index (χ1n) is 7.29. The van der Waals surface area contributed by atoms with Gasteiger partial charge < -0.3 is 9.52 Å². The Morgan fingerprint density at radius 1 is 1.35 bits per heavy atom. The Labute approximate surface area is 132 Å². The number of aromatic nitrogens is 4. The minimum Gasteiger partial charge on any atom is -0.480 e. The summed E-state index contributed by atoms with van der Waals surface area (Å²) < 4.78 is 6.54. The zero-order valence-corrected chi connectivity index (χ0v) is 12.6. The maximum Gasteiger partial charge on any atom is 0.329 e. The average molecular weight is 312 g/mol. The van der Waals surface area contributed by atoms with E-state index in [1.165, 1.54) is 10.9 Å². The first kappa shape index (κ1) is 15.0. The van der Waals surface area contributed by atoms with Gasteiger partial charge in [0.05, 0.1) is 18.2 Å². The fourth-order valence-corrected chi connectivity index (χ4v) is 2.24. The third-order valence-corrected chi connectivity index (χ3v) is 3.58. The molecule has 3 heterocycles. The monoisotopic (exact) mass is 312 g/mol. The van der Waals surface area contributed by atoms with E-state index in [9.17, 15) is 9.90 Å². The van der Waals surface area contributed by atoms with Crippen molar-refractivity contribution in [3.05, 3.63) is 54.2 Å². The van der Waals surface area contributed by atoms with E-state index in [-0.39, 0.29) is 6.42 Å². The molecule has 118 valence electrons. The van der Waals surface area contributed by atoms with Crippen LogP contribution in [-0.2, 0) is 17.6 Å². The maximum absolute atomic E-state index is 11.5. The van der Waals surface area contributed by atoms with Gasteiger partial charge >= 0.3 is 5.97 Å². The van der Waals surface area contributed by atoms with Crippen LogP contribution in [0.15, 0.2) is 47.3 Å². The smallest absolute Gasteiger partial charge is 0.329 e. The van der Waals surface area contributed by atoms with E-state index in [1.807, 2.05) is 12.1 Å². The number of rotatable bonds is 6. The highest BCUT2D eigenvalue weighted by molar-refractivity contribution is 5.72. The molecule has 0 fully saturated rings. The van der Waals surface area contributed by atoms with Crippen LogP contribution in [0.1, 0.15) is 24.3 Å². The van der Waals surface area contributed by atoms with Crippen LogP contribution in [-0.4, -0.2) is 31.1 Å². The SMILES string of the molecule is CCc1ccc(-c2cn([C@H](Cc3ccco3)C(=O)O)nn2)nc1. The van der Waals surface area contributed by atoms with E-state index in [0.717, 1.165) is 12.0 Å². The molecule has 0 aliphatic rings. The summed E-state index contributed by atoms with van der Waals surface area (Å²) in [6.45, 7) is 2.05. The molecule has 0 saturated heterocycles. The molecule has 3 aromatic heterocycles. The molecule has 7 heteroatoms. The highest BCUT2D eigenvalue weighted by atomic mass is 16.4. The van der Waals surface area contributed by atoms with Gasteiger partial charge in [-0.15, -0.1) is 5.10 Å². The molecule has 0 aromatic carbocycles. The number of aliphatic carboxylic acids is 1. The molecule has 0 spiro atoms. The molecule has 0 bridgehead atoms. The summed E-state index contributed by atoms with van der Waals surface area (Å²) >= 11 is 0. The number of nitrogens with zero attached hydrogens (tertiary/aromatic N) is 4. The van der Waals surface area contributed by atoms with Crippen molar-refractivity contribution in [3.63, 3.8) is 0 Å². The van der Waals surface area contributed by atoms with E-state index in [1.54, 1.807) is 24.5 Å². The summed E-state index contributed by atoms with van der Waals surface area (Å²) in [4.78, 5) is 15.8. The predicted molar refractivity (Wildman–Crippen MR) is 81.7 cm³/mol. The van der Waals surface area contributed by atoms with Crippen LogP contribution in [0.5, 0.6) is 0 Å². The van der Waals surface area contributed by atoms with E-state index in [0.29, 0.717) is 17.1 Å². The molecule has 0 amide bonds.